The number of nitrogens with zero attached hydrogens (tertiary/aromatic N) is 1. The van der Waals surface area contributed by atoms with Gasteiger partial charge in [0.05, 0.1) is 17.4 Å². The molecule has 1 aliphatic heterocycles. The number of phenolic OH excluding ortho intramolecular Hbond substituents is 1. The normalized spacial score (nSPS) is 17.3. The lowest BCUT2D eigenvalue weighted by molar-refractivity contribution is -0.305. The van der Waals surface area contributed by atoms with E-state index in [4.69, 9.17) is 17.3 Å². The highest BCUT2D eigenvalue weighted by Crippen LogP contribution is 2.32. The van der Waals surface area contributed by atoms with Gasteiger partial charge < -0.3 is 15.0 Å². The standard InChI is InChI=1S/C12H9NO4S2/c14-8-3-1-7(2-4-8)5-9-11(17)13(6-10(15)16)12(18)19-9/h1-5,14H,6H2,(H,15,16)/p-1/b9-5+. The molecule has 7 heteroatoms. The summed E-state index contributed by atoms with van der Waals surface area (Å²) in [4.78, 5) is 23.8. The lowest BCUT2D eigenvalue weighted by atomic mass is 10.2. The molecule has 19 heavy (non-hydrogen) atoms. The van der Waals surface area contributed by atoms with Gasteiger partial charge in [0.15, 0.2) is 0 Å². The Bertz CT molecular complexity index is 580. The fourth-order valence-electron chi connectivity index (χ4n) is 1.49. The molecule has 1 fully saturated rings. The first-order valence-corrected chi connectivity index (χ1v) is 6.44. The lowest BCUT2D eigenvalue weighted by Crippen LogP contribution is -2.40. The molecule has 0 saturated carbocycles. The van der Waals surface area contributed by atoms with E-state index in [1.807, 2.05) is 0 Å². The Kier molecular flexibility index (Phi) is 3.87. The van der Waals surface area contributed by atoms with Gasteiger partial charge in [-0.15, -0.1) is 0 Å². The van der Waals surface area contributed by atoms with E-state index in [-0.39, 0.29) is 10.1 Å². The molecule has 0 aromatic heterocycles. The van der Waals surface area contributed by atoms with Crippen molar-refractivity contribution in [2.45, 2.75) is 0 Å². The summed E-state index contributed by atoms with van der Waals surface area (Å²) >= 11 is 5.98. The molecule has 1 aliphatic rings. The van der Waals surface area contributed by atoms with Crippen molar-refractivity contribution in [3.8, 4) is 5.75 Å². The molecule has 0 radical (unpaired) electrons. The molecule has 1 saturated heterocycles. The number of phenols is 1. The largest absolute Gasteiger partial charge is 0.548 e. The Morgan fingerprint density at radius 2 is 2.05 bits per heavy atom. The van der Waals surface area contributed by atoms with Crippen LogP contribution in [0.25, 0.3) is 6.08 Å². The van der Waals surface area contributed by atoms with Gasteiger partial charge in [-0.05, 0) is 23.8 Å². The minimum atomic E-state index is -1.36. The summed E-state index contributed by atoms with van der Waals surface area (Å²) in [5.74, 6) is -1.68. The van der Waals surface area contributed by atoms with Crippen LogP contribution in [0.5, 0.6) is 5.75 Å². The van der Waals surface area contributed by atoms with E-state index < -0.39 is 18.4 Å². The summed E-state index contributed by atoms with van der Waals surface area (Å²) < 4.78 is 0.194. The van der Waals surface area contributed by atoms with Gasteiger partial charge in [0.1, 0.15) is 10.1 Å². The van der Waals surface area contributed by atoms with Crippen molar-refractivity contribution in [1.29, 1.82) is 0 Å². The van der Waals surface area contributed by atoms with E-state index in [2.05, 4.69) is 0 Å². The highest BCUT2D eigenvalue weighted by Gasteiger charge is 2.31. The maximum atomic E-state index is 11.9. The second-order valence-electron chi connectivity index (χ2n) is 3.73. The zero-order valence-electron chi connectivity index (χ0n) is 9.53. The maximum absolute atomic E-state index is 11.9. The van der Waals surface area contributed by atoms with Crippen molar-refractivity contribution in [3.63, 3.8) is 0 Å². The third kappa shape index (κ3) is 3.12. The third-order valence-electron chi connectivity index (χ3n) is 2.35. The molecule has 1 N–H and O–H groups in total. The van der Waals surface area contributed by atoms with E-state index in [1.165, 1.54) is 12.1 Å². The highest BCUT2D eigenvalue weighted by atomic mass is 32.2. The van der Waals surface area contributed by atoms with Gasteiger partial charge in [-0.25, -0.2) is 0 Å². The first kappa shape index (κ1) is 13.6. The summed E-state index contributed by atoms with van der Waals surface area (Å²) in [6.07, 6.45) is 1.59. The second kappa shape index (κ2) is 5.41. The number of rotatable bonds is 3. The monoisotopic (exact) mass is 294 g/mol. The number of benzene rings is 1. The van der Waals surface area contributed by atoms with Crippen molar-refractivity contribution in [3.05, 3.63) is 34.7 Å². The molecule has 0 atom stereocenters. The van der Waals surface area contributed by atoms with Crippen LogP contribution in [0.4, 0.5) is 0 Å². The molecule has 5 nitrogen and oxygen atoms in total. The van der Waals surface area contributed by atoms with Gasteiger partial charge in [-0.1, -0.05) is 36.1 Å². The van der Waals surface area contributed by atoms with Crippen LogP contribution in [0.2, 0.25) is 0 Å². The number of carbonyl (C=O) groups excluding carboxylic acids is 2. The molecule has 98 valence electrons. The number of amides is 1. The van der Waals surface area contributed by atoms with E-state index in [9.17, 15) is 14.7 Å². The van der Waals surface area contributed by atoms with Crippen LogP contribution in [0.1, 0.15) is 5.56 Å². The third-order valence-corrected chi connectivity index (χ3v) is 3.73. The Morgan fingerprint density at radius 3 is 2.63 bits per heavy atom. The van der Waals surface area contributed by atoms with E-state index in [0.717, 1.165) is 16.7 Å². The van der Waals surface area contributed by atoms with Crippen molar-refractivity contribution < 1.29 is 19.8 Å². The van der Waals surface area contributed by atoms with Crippen molar-refractivity contribution in [1.82, 2.24) is 4.90 Å². The summed E-state index contributed by atoms with van der Waals surface area (Å²) in [5.41, 5.74) is 0.715. The fourth-order valence-corrected chi connectivity index (χ4v) is 2.74. The summed E-state index contributed by atoms with van der Waals surface area (Å²) in [6, 6.07) is 6.27. The van der Waals surface area contributed by atoms with Crippen LogP contribution in [0, 0.1) is 0 Å². The summed E-state index contributed by atoms with van der Waals surface area (Å²) in [7, 11) is 0. The number of aromatic hydroxyl groups is 1. The number of carbonyl (C=O) groups is 2. The SMILES string of the molecule is O=C([O-])CN1C(=O)/C(=C\c2ccc(O)cc2)SC1=S. The summed E-state index contributed by atoms with van der Waals surface area (Å²) in [6.45, 7) is -0.544. The van der Waals surface area contributed by atoms with E-state index in [1.54, 1.807) is 18.2 Å². The quantitative estimate of drug-likeness (QED) is 0.640. The molecule has 1 aromatic rings. The second-order valence-corrected chi connectivity index (χ2v) is 5.41. The zero-order chi connectivity index (χ0) is 14.0. The molecular weight excluding hydrogens is 286 g/mol. The van der Waals surface area contributed by atoms with Crippen molar-refractivity contribution in [2.75, 3.05) is 6.54 Å². The molecule has 1 heterocycles. The average Bonchev–Trinajstić information content (AvgIpc) is 2.60. The Balaban J connectivity index is 2.23. The molecular formula is C12H8NO4S2-. The van der Waals surface area contributed by atoms with Crippen LogP contribution in [-0.4, -0.2) is 32.7 Å². The minimum Gasteiger partial charge on any atom is -0.548 e. The fraction of sp³-hybridized carbons (Fsp3) is 0.0833. The Morgan fingerprint density at radius 1 is 1.42 bits per heavy atom. The number of thioether (sulfide) groups is 1. The topological polar surface area (TPSA) is 80.7 Å². The van der Waals surface area contributed by atoms with E-state index in [0.29, 0.717) is 10.5 Å². The maximum Gasteiger partial charge on any atom is 0.266 e. The van der Waals surface area contributed by atoms with Crippen LogP contribution in [-0.2, 0) is 9.59 Å². The summed E-state index contributed by atoms with van der Waals surface area (Å²) in [5, 5.41) is 19.7. The lowest BCUT2D eigenvalue weighted by Gasteiger charge is -2.14. The van der Waals surface area contributed by atoms with Crippen LogP contribution in [0.15, 0.2) is 29.2 Å². The highest BCUT2D eigenvalue weighted by molar-refractivity contribution is 8.26. The average molecular weight is 294 g/mol. The Labute approximate surface area is 118 Å². The van der Waals surface area contributed by atoms with Gasteiger partial charge in [-0.3, -0.25) is 9.69 Å². The number of hydrogen-bond donors (Lipinski definition) is 1. The molecule has 0 bridgehead atoms. The first-order chi connectivity index (χ1) is 8.97. The number of carboxylic acid groups (broad SMARTS) is 1. The van der Waals surface area contributed by atoms with Crippen molar-refractivity contribution >= 4 is 46.3 Å². The smallest absolute Gasteiger partial charge is 0.266 e. The minimum absolute atomic E-state index is 0.127. The number of hydrogen-bond acceptors (Lipinski definition) is 6. The van der Waals surface area contributed by atoms with Gasteiger partial charge in [0, 0.05) is 0 Å². The number of thiocarbonyl (C=S) groups is 1. The van der Waals surface area contributed by atoms with Crippen LogP contribution >= 0.6 is 24.0 Å². The molecule has 1 aromatic carbocycles. The van der Waals surface area contributed by atoms with Crippen LogP contribution < -0.4 is 5.11 Å². The predicted octanol–water partition coefficient (Wildman–Crippen LogP) is 0.343. The number of carboxylic acids is 1. The molecule has 0 unspecified atom stereocenters. The van der Waals surface area contributed by atoms with Gasteiger partial charge in [-0.2, -0.15) is 0 Å². The van der Waals surface area contributed by atoms with Gasteiger partial charge in [0.2, 0.25) is 0 Å². The Hall–Kier alpha value is -1.86. The van der Waals surface area contributed by atoms with Crippen molar-refractivity contribution in [2.24, 2.45) is 0 Å². The number of aliphatic carboxylic acids is 1. The first-order valence-electron chi connectivity index (χ1n) is 5.21. The van der Waals surface area contributed by atoms with E-state index >= 15 is 0 Å². The van der Waals surface area contributed by atoms with Gasteiger partial charge in [0.25, 0.3) is 5.91 Å². The molecule has 0 spiro atoms. The molecule has 1 amide bonds. The molecule has 0 aliphatic carbocycles. The molecule has 2 rings (SSSR count). The van der Waals surface area contributed by atoms with Gasteiger partial charge >= 0.3 is 0 Å². The zero-order valence-corrected chi connectivity index (χ0v) is 11.2. The van der Waals surface area contributed by atoms with Crippen LogP contribution in [0.3, 0.4) is 0 Å². The predicted molar refractivity (Wildman–Crippen MR) is 73.0 cm³/mol.